The van der Waals surface area contributed by atoms with Crippen LogP contribution in [-0.4, -0.2) is 28.9 Å². The molecule has 1 aromatic heterocycles. The molecule has 0 saturated heterocycles. The van der Waals surface area contributed by atoms with Crippen LogP contribution in [-0.2, 0) is 6.54 Å². The highest BCUT2D eigenvalue weighted by atomic mass is 32.1. The minimum absolute atomic E-state index is 0.0333. The summed E-state index contributed by atoms with van der Waals surface area (Å²) in [5, 5.41) is 9.88. The standard InChI is InChI=1S/C19H24N4O2S/c1-3-12(2)22-19-21-11-16(26-19)18(25)20-10-13-4-6-14(7-5-13)17(24)23-15-8-9-15/h4-7,11-12,15H,3,8-10H2,1-2H3,(H,20,25)(H,21,22)(H,23,24)/t12-/m1/s1. The minimum atomic E-state index is -0.143. The second-order valence-electron chi connectivity index (χ2n) is 6.61. The van der Waals surface area contributed by atoms with E-state index in [1.807, 2.05) is 12.1 Å². The Balaban J connectivity index is 1.50. The molecule has 1 aromatic carbocycles. The second kappa shape index (κ2) is 8.31. The van der Waals surface area contributed by atoms with Gasteiger partial charge in [0.2, 0.25) is 0 Å². The molecule has 1 aliphatic carbocycles. The Hall–Kier alpha value is -2.41. The van der Waals surface area contributed by atoms with E-state index in [1.54, 1.807) is 18.3 Å². The Morgan fingerprint density at radius 3 is 2.62 bits per heavy atom. The normalized spacial score (nSPS) is 14.5. The van der Waals surface area contributed by atoms with Gasteiger partial charge in [-0.2, -0.15) is 0 Å². The number of carbonyl (C=O) groups excluding carboxylic acids is 2. The van der Waals surface area contributed by atoms with Crippen LogP contribution in [0, 0.1) is 0 Å². The van der Waals surface area contributed by atoms with Gasteiger partial charge in [-0.05, 0) is 43.9 Å². The number of benzene rings is 1. The van der Waals surface area contributed by atoms with Gasteiger partial charge in [-0.15, -0.1) is 0 Å². The van der Waals surface area contributed by atoms with Crippen molar-refractivity contribution in [2.75, 3.05) is 5.32 Å². The van der Waals surface area contributed by atoms with Gasteiger partial charge in [0, 0.05) is 24.2 Å². The van der Waals surface area contributed by atoms with Crippen molar-refractivity contribution in [3.8, 4) is 0 Å². The molecule has 7 heteroatoms. The zero-order chi connectivity index (χ0) is 18.5. The number of nitrogens with zero attached hydrogens (tertiary/aromatic N) is 1. The minimum Gasteiger partial charge on any atom is -0.359 e. The van der Waals surface area contributed by atoms with Gasteiger partial charge in [0.05, 0.1) is 6.20 Å². The van der Waals surface area contributed by atoms with E-state index in [0.717, 1.165) is 30.0 Å². The maximum atomic E-state index is 12.3. The van der Waals surface area contributed by atoms with E-state index in [9.17, 15) is 9.59 Å². The molecule has 1 fully saturated rings. The number of rotatable bonds is 8. The van der Waals surface area contributed by atoms with Crippen molar-refractivity contribution in [2.45, 2.75) is 51.7 Å². The van der Waals surface area contributed by atoms with Crippen LogP contribution in [0.2, 0.25) is 0 Å². The van der Waals surface area contributed by atoms with Crippen LogP contribution < -0.4 is 16.0 Å². The van der Waals surface area contributed by atoms with Crippen molar-refractivity contribution in [1.82, 2.24) is 15.6 Å². The van der Waals surface area contributed by atoms with E-state index >= 15 is 0 Å². The lowest BCUT2D eigenvalue weighted by molar-refractivity contribution is 0.0943. The largest absolute Gasteiger partial charge is 0.359 e. The van der Waals surface area contributed by atoms with Crippen molar-refractivity contribution in [3.63, 3.8) is 0 Å². The summed E-state index contributed by atoms with van der Waals surface area (Å²) in [6, 6.07) is 7.99. The van der Waals surface area contributed by atoms with Gasteiger partial charge < -0.3 is 16.0 Å². The first kappa shape index (κ1) is 18.4. The highest BCUT2D eigenvalue weighted by Gasteiger charge is 2.23. The molecule has 1 atom stereocenters. The molecule has 26 heavy (non-hydrogen) atoms. The number of nitrogens with one attached hydrogen (secondary N) is 3. The Morgan fingerprint density at radius 1 is 1.23 bits per heavy atom. The highest BCUT2D eigenvalue weighted by molar-refractivity contribution is 7.17. The molecule has 1 saturated carbocycles. The number of amides is 2. The summed E-state index contributed by atoms with van der Waals surface area (Å²) in [6.07, 6.45) is 4.73. The topological polar surface area (TPSA) is 83.1 Å². The molecule has 0 spiro atoms. The van der Waals surface area contributed by atoms with Gasteiger partial charge in [0.1, 0.15) is 4.88 Å². The average molecular weight is 372 g/mol. The first-order valence-corrected chi connectivity index (χ1v) is 9.77. The lowest BCUT2D eigenvalue weighted by Gasteiger charge is -2.08. The van der Waals surface area contributed by atoms with Crippen molar-refractivity contribution >= 4 is 28.3 Å². The summed E-state index contributed by atoms with van der Waals surface area (Å²) in [4.78, 5) is 29.0. The molecular weight excluding hydrogens is 348 g/mol. The van der Waals surface area contributed by atoms with E-state index in [1.165, 1.54) is 11.3 Å². The molecule has 1 aliphatic rings. The van der Waals surface area contributed by atoms with Crippen molar-refractivity contribution < 1.29 is 9.59 Å². The SMILES string of the molecule is CC[C@@H](C)Nc1ncc(C(=O)NCc2ccc(C(=O)NC3CC3)cc2)s1. The summed E-state index contributed by atoms with van der Waals surface area (Å²) >= 11 is 1.35. The lowest BCUT2D eigenvalue weighted by atomic mass is 10.1. The number of hydrogen-bond acceptors (Lipinski definition) is 5. The van der Waals surface area contributed by atoms with E-state index in [2.05, 4.69) is 34.8 Å². The maximum absolute atomic E-state index is 12.3. The summed E-state index contributed by atoms with van der Waals surface area (Å²) in [7, 11) is 0. The van der Waals surface area contributed by atoms with E-state index in [4.69, 9.17) is 0 Å². The molecule has 3 N–H and O–H groups in total. The van der Waals surface area contributed by atoms with Gasteiger partial charge in [-0.1, -0.05) is 30.4 Å². The fourth-order valence-electron chi connectivity index (χ4n) is 2.30. The van der Waals surface area contributed by atoms with Gasteiger partial charge in [0.15, 0.2) is 5.13 Å². The van der Waals surface area contributed by atoms with Crippen molar-refractivity contribution in [1.29, 1.82) is 0 Å². The van der Waals surface area contributed by atoms with Crippen LogP contribution in [0.15, 0.2) is 30.5 Å². The summed E-state index contributed by atoms with van der Waals surface area (Å²) < 4.78 is 0. The molecule has 6 nitrogen and oxygen atoms in total. The molecule has 2 aromatic rings. The number of thiazole rings is 1. The Morgan fingerprint density at radius 2 is 1.96 bits per heavy atom. The predicted octanol–water partition coefficient (Wildman–Crippen LogP) is 3.18. The third kappa shape index (κ3) is 5.05. The molecule has 0 unspecified atom stereocenters. The van der Waals surface area contributed by atoms with Gasteiger partial charge in [-0.3, -0.25) is 9.59 Å². The Kier molecular flexibility index (Phi) is 5.88. The quantitative estimate of drug-likeness (QED) is 0.665. The summed E-state index contributed by atoms with van der Waals surface area (Å²) in [5.74, 6) is -0.177. The Bertz CT molecular complexity index is 768. The van der Waals surface area contributed by atoms with E-state index < -0.39 is 0 Å². The monoisotopic (exact) mass is 372 g/mol. The molecule has 0 radical (unpaired) electrons. The first-order valence-electron chi connectivity index (χ1n) is 8.95. The fraction of sp³-hybridized carbons (Fsp3) is 0.421. The van der Waals surface area contributed by atoms with Crippen LogP contribution in [0.5, 0.6) is 0 Å². The van der Waals surface area contributed by atoms with Crippen LogP contribution in [0.4, 0.5) is 5.13 Å². The lowest BCUT2D eigenvalue weighted by Crippen LogP contribution is -2.25. The van der Waals surface area contributed by atoms with Crippen molar-refractivity contribution in [2.24, 2.45) is 0 Å². The molecule has 1 heterocycles. The van der Waals surface area contributed by atoms with Gasteiger partial charge >= 0.3 is 0 Å². The number of carbonyl (C=O) groups is 2. The van der Waals surface area contributed by atoms with Crippen molar-refractivity contribution in [3.05, 3.63) is 46.5 Å². The third-order valence-corrected chi connectivity index (χ3v) is 5.22. The number of hydrogen-bond donors (Lipinski definition) is 3. The smallest absolute Gasteiger partial charge is 0.263 e. The maximum Gasteiger partial charge on any atom is 0.263 e. The zero-order valence-corrected chi connectivity index (χ0v) is 15.9. The summed E-state index contributed by atoms with van der Waals surface area (Å²) in [5.41, 5.74) is 1.60. The van der Waals surface area contributed by atoms with E-state index in [-0.39, 0.29) is 11.8 Å². The van der Waals surface area contributed by atoms with Crippen LogP contribution in [0.3, 0.4) is 0 Å². The number of anilines is 1. The van der Waals surface area contributed by atoms with Crippen LogP contribution in [0.25, 0.3) is 0 Å². The van der Waals surface area contributed by atoms with Crippen LogP contribution >= 0.6 is 11.3 Å². The van der Waals surface area contributed by atoms with Crippen LogP contribution in [0.1, 0.15) is 58.7 Å². The molecule has 2 amide bonds. The van der Waals surface area contributed by atoms with Gasteiger partial charge in [0.25, 0.3) is 11.8 Å². The van der Waals surface area contributed by atoms with Gasteiger partial charge in [-0.25, -0.2) is 4.98 Å². The average Bonchev–Trinajstić information content (AvgIpc) is 3.34. The van der Waals surface area contributed by atoms with E-state index in [0.29, 0.717) is 29.1 Å². The molecule has 3 rings (SSSR count). The predicted molar refractivity (Wildman–Crippen MR) is 104 cm³/mol. The molecule has 0 aliphatic heterocycles. The third-order valence-electron chi connectivity index (χ3n) is 4.29. The fourth-order valence-corrected chi connectivity index (χ4v) is 3.14. The molecular formula is C19H24N4O2S. The molecule has 138 valence electrons. The summed E-state index contributed by atoms with van der Waals surface area (Å²) in [6.45, 7) is 4.59. The number of aromatic nitrogens is 1. The second-order valence-corrected chi connectivity index (χ2v) is 7.64. The highest BCUT2D eigenvalue weighted by Crippen LogP contribution is 2.20. The molecule has 0 bridgehead atoms. The first-order chi connectivity index (χ1) is 12.5. The zero-order valence-electron chi connectivity index (χ0n) is 15.0. The Labute approximate surface area is 157 Å².